The fourth-order valence-electron chi connectivity index (χ4n) is 4.27. The van der Waals surface area contributed by atoms with Crippen molar-refractivity contribution >= 4 is 39.3 Å². The first-order chi connectivity index (χ1) is 16.0. The van der Waals surface area contributed by atoms with Crippen LogP contribution in [0.3, 0.4) is 0 Å². The summed E-state index contributed by atoms with van der Waals surface area (Å²) in [6.07, 6.45) is 0.492. The van der Waals surface area contributed by atoms with Crippen LogP contribution in [0.1, 0.15) is 28.5 Å². The number of fused-ring (bicyclic) bond motifs is 3. The highest BCUT2D eigenvalue weighted by Crippen LogP contribution is 2.40. The largest absolute Gasteiger partial charge is 0.481 e. The number of likely N-dealkylation sites (N-methyl/N-ethyl adjacent to an activating group) is 1. The Labute approximate surface area is 190 Å². The summed E-state index contributed by atoms with van der Waals surface area (Å²) < 4.78 is 7.70. The van der Waals surface area contributed by atoms with E-state index >= 15 is 0 Å². The third-order valence-electron chi connectivity index (χ3n) is 5.65. The van der Waals surface area contributed by atoms with Gasteiger partial charge in [0.15, 0.2) is 6.61 Å². The van der Waals surface area contributed by atoms with Crippen molar-refractivity contribution in [3.63, 3.8) is 0 Å². The van der Waals surface area contributed by atoms with Gasteiger partial charge in [-0.1, -0.05) is 61.5 Å². The van der Waals surface area contributed by atoms with Crippen LogP contribution in [0, 0.1) is 0 Å². The zero-order valence-electron chi connectivity index (χ0n) is 18.4. The first kappa shape index (κ1) is 22.1. The number of carboxylic acids is 1. The van der Waals surface area contributed by atoms with Gasteiger partial charge in [-0.2, -0.15) is 0 Å². The van der Waals surface area contributed by atoms with Crippen LogP contribution in [-0.4, -0.2) is 41.0 Å². The molecule has 168 valence electrons. The number of rotatable bonds is 8. The highest BCUT2D eigenvalue weighted by atomic mass is 16.5. The summed E-state index contributed by atoms with van der Waals surface area (Å²) in [5.41, 5.74) is 2.71. The zero-order chi connectivity index (χ0) is 23.5. The number of hydrogen-bond donors (Lipinski definition) is 2. The average Bonchev–Trinajstić information content (AvgIpc) is 3.16. The first-order valence-electron chi connectivity index (χ1n) is 10.7. The normalized spacial score (nSPS) is 11.0. The number of ketones is 1. The maximum Gasteiger partial charge on any atom is 0.341 e. The SMILES string of the molecule is CCc1c(C(=O)C(=O)NC)c2c(OCC(=O)O)cc3ccccc3c2n1Cc1ccccc1. The minimum absolute atomic E-state index is 0.244. The molecule has 0 spiro atoms. The molecule has 33 heavy (non-hydrogen) atoms. The van der Waals surface area contributed by atoms with E-state index in [1.807, 2.05) is 66.1 Å². The van der Waals surface area contributed by atoms with Crippen molar-refractivity contribution in [1.29, 1.82) is 0 Å². The van der Waals surface area contributed by atoms with E-state index < -0.39 is 24.3 Å². The number of hydrogen-bond acceptors (Lipinski definition) is 4. The number of benzene rings is 3. The number of carboxylic acid groups (broad SMARTS) is 1. The smallest absolute Gasteiger partial charge is 0.341 e. The van der Waals surface area contributed by atoms with Crippen LogP contribution >= 0.6 is 0 Å². The number of nitrogens with one attached hydrogen (secondary N) is 1. The third-order valence-corrected chi connectivity index (χ3v) is 5.65. The van der Waals surface area contributed by atoms with Crippen molar-refractivity contribution < 1.29 is 24.2 Å². The molecule has 0 aliphatic carbocycles. The Hall–Kier alpha value is -4.13. The van der Waals surface area contributed by atoms with E-state index in [0.717, 1.165) is 21.9 Å². The fourth-order valence-corrected chi connectivity index (χ4v) is 4.27. The number of carbonyl (C=O) groups is 3. The molecule has 1 amide bonds. The summed E-state index contributed by atoms with van der Waals surface area (Å²) >= 11 is 0. The maximum absolute atomic E-state index is 13.3. The molecule has 0 aliphatic rings. The summed E-state index contributed by atoms with van der Waals surface area (Å²) in [5.74, 6) is -2.28. The molecule has 1 heterocycles. The van der Waals surface area contributed by atoms with Gasteiger partial charge < -0.3 is 19.7 Å². The molecule has 0 bridgehead atoms. The highest BCUT2D eigenvalue weighted by molar-refractivity contribution is 6.46. The fraction of sp³-hybridized carbons (Fsp3) is 0.192. The lowest BCUT2D eigenvalue weighted by molar-refractivity contribution is -0.139. The van der Waals surface area contributed by atoms with Gasteiger partial charge in [0, 0.05) is 24.7 Å². The van der Waals surface area contributed by atoms with E-state index in [1.54, 1.807) is 6.07 Å². The van der Waals surface area contributed by atoms with Gasteiger partial charge in [0.2, 0.25) is 0 Å². The molecule has 0 unspecified atom stereocenters. The van der Waals surface area contributed by atoms with Crippen molar-refractivity contribution in [2.75, 3.05) is 13.7 Å². The number of aliphatic carboxylic acids is 1. The minimum atomic E-state index is -1.13. The number of amides is 1. The molecule has 0 saturated carbocycles. The van der Waals surface area contributed by atoms with Crippen LogP contribution in [0.5, 0.6) is 5.75 Å². The van der Waals surface area contributed by atoms with Crippen molar-refractivity contribution in [2.24, 2.45) is 0 Å². The van der Waals surface area contributed by atoms with E-state index in [0.29, 0.717) is 24.0 Å². The van der Waals surface area contributed by atoms with Gasteiger partial charge in [-0.15, -0.1) is 0 Å². The van der Waals surface area contributed by atoms with Crippen LogP contribution in [0.25, 0.3) is 21.7 Å². The quantitative estimate of drug-likeness (QED) is 0.318. The van der Waals surface area contributed by atoms with Gasteiger partial charge in [0.05, 0.1) is 16.5 Å². The topological polar surface area (TPSA) is 97.6 Å². The summed E-state index contributed by atoms with van der Waals surface area (Å²) in [5, 5.41) is 13.8. The summed E-state index contributed by atoms with van der Waals surface area (Å²) in [6, 6.07) is 19.2. The molecular weight excluding hydrogens is 420 g/mol. The lowest BCUT2D eigenvalue weighted by Crippen LogP contribution is -2.28. The van der Waals surface area contributed by atoms with Crippen molar-refractivity contribution in [3.05, 3.63) is 77.5 Å². The molecular formula is C26H24N2O5. The van der Waals surface area contributed by atoms with Crippen LogP contribution in [-0.2, 0) is 22.6 Å². The number of aromatic nitrogens is 1. The van der Waals surface area contributed by atoms with Gasteiger partial charge in [0.25, 0.3) is 11.7 Å². The number of Topliss-reactive ketones (excluding diaryl/α,β-unsaturated/α-hetero) is 1. The highest BCUT2D eigenvalue weighted by Gasteiger charge is 2.29. The number of carbonyl (C=O) groups excluding carboxylic acids is 2. The zero-order valence-corrected chi connectivity index (χ0v) is 18.4. The molecule has 0 saturated heterocycles. The molecule has 0 fully saturated rings. The Morgan fingerprint density at radius 3 is 2.39 bits per heavy atom. The van der Waals surface area contributed by atoms with Crippen molar-refractivity contribution in [1.82, 2.24) is 9.88 Å². The predicted molar refractivity (Wildman–Crippen MR) is 126 cm³/mol. The number of ether oxygens (including phenoxy) is 1. The Kier molecular flexibility index (Phi) is 6.13. The Morgan fingerprint density at radius 1 is 1.03 bits per heavy atom. The third kappa shape index (κ3) is 4.05. The van der Waals surface area contributed by atoms with Crippen LogP contribution in [0.15, 0.2) is 60.7 Å². The van der Waals surface area contributed by atoms with E-state index in [4.69, 9.17) is 4.74 Å². The number of nitrogens with zero attached hydrogens (tertiary/aromatic N) is 1. The Balaban J connectivity index is 2.13. The molecule has 0 aliphatic heterocycles. The van der Waals surface area contributed by atoms with E-state index in [1.165, 1.54) is 7.05 Å². The predicted octanol–water partition coefficient (Wildman–Crippen LogP) is 3.80. The van der Waals surface area contributed by atoms with Crippen LogP contribution in [0.4, 0.5) is 0 Å². The second-order valence-electron chi connectivity index (χ2n) is 7.66. The molecule has 3 aromatic carbocycles. The van der Waals surface area contributed by atoms with Crippen molar-refractivity contribution in [2.45, 2.75) is 19.9 Å². The van der Waals surface area contributed by atoms with E-state index in [2.05, 4.69) is 5.32 Å². The van der Waals surface area contributed by atoms with Gasteiger partial charge in [-0.25, -0.2) is 4.79 Å². The summed E-state index contributed by atoms with van der Waals surface area (Å²) in [6.45, 7) is 1.84. The monoisotopic (exact) mass is 444 g/mol. The maximum atomic E-state index is 13.3. The van der Waals surface area contributed by atoms with Crippen LogP contribution in [0.2, 0.25) is 0 Å². The molecule has 1 aromatic heterocycles. The second-order valence-corrected chi connectivity index (χ2v) is 7.66. The minimum Gasteiger partial charge on any atom is -0.481 e. The van der Waals surface area contributed by atoms with Gasteiger partial charge in [0.1, 0.15) is 5.75 Å². The van der Waals surface area contributed by atoms with Crippen LogP contribution < -0.4 is 10.1 Å². The summed E-state index contributed by atoms with van der Waals surface area (Å²) in [7, 11) is 1.41. The molecule has 4 aromatic rings. The molecule has 2 N–H and O–H groups in total. The van der Waals surface area contributed by atoms with Gasteiger partial charge >= 0.3 is 5.97 Å². The van der Waals surface area contributed by atoms with Gasteiger partial charge in [-0.3, -0.25) is 9.59 Å². The molecule has 7 heteroatoms. The Morgan fingerprint density at radius 2 is 1.73 bits per heavy atom. The lowest BCUT2D eigenvalue weighted by Gasteiger charge is -2.13. The first-order valence-corrected chi connectivity index (χ1v) is 10.7. The average molecular weight is 444 g/mol. The van der Waals surface area contributed by atoms with E-state index in [-0.39, 0.29) is 11.3 Å². The lowest BCUT2D eigenvalue weighted by atomic mass is 10.0. The molecule has 4 rings (SSSR count). The molecule has 7 nitrogen and oxygen atoms in total. The van der Waals surface area contributed by atoms with Crippen molar-refractivity contribution in [3.8, 4) is 5.75 Å². The Bertz CT molecular complexity index is 1370. The van der Waals surface area contributed by atoms with E-state index in [9.17, 15) is 19.5 Å². The second kappa shape index (κ2) is 9.16. The van der Waals surface area contributed by atoms with Gasteiger partial charge in [-0.05, 0) is 23.4 Å². The molecule has 0 atom stereocenters. The molecule has 0 radical (unpaired) electrons. The summed E-state index contributed by atoms with van der Waals surface area (Å²) in [4.78, 5) is 36.9. The standard InChI is InChI=1S/C26H24N2O5/c1-3-19-22(25(31)26(32)27-2)23-20(33-15-21(29)30)13-17-11-7-8-12-18(17)24(23)28(19)14-16-9-5-4-6-10-16/h4-13H,3,14-15H2,1-2H3,(H,27,32)(H,29,30).